The fourth-order valence-corrected chi connectivity index (χ4v) is 3.11. The van der Waals surface area contributed by atoms with Gasteiger partial charge in [0.25, 0.3) is 0 Å². The van der Waals surface area contributed by atoms with Crippen LogP contribution in [0.15, 0.2) is 46.9 Å². The van der Waals surface area contributed by atoms with Gasteiger partial charge in [-0.25, -0.2) is 4.98 Å². The predicted octanol–water partition coefficient (Wildman–Crippen LogP) is 4.21. The quantitative estimate of drug-likeness (QED) is 0.478. The number of para-hydroxylation sites is 1. The summed E-state index contributed by atoms with van der Waals surface area (Å²) >= 11 is 3.68. The molecule has 2 aromatic heterocycles. The standard InChI is InChI=1S/C15H10BrN3/c16-13-9-3-1-2-4-11(9)18-14-10-6-5-8(17)7-12(10)19-15(13)14/h1-7,19H,17H2. The summed E-state index contributed by atoms with van der Waals surface area (Å²) in [7, 11) is 0. The Morgan fingerprint density at radius 3 is 2.79 bits per heavy atom. The first-order valence-electron chi connectivity index (χ1n) is 5.99. The molecule has 0 saturated carbocycles. The Bertz CT molecular complexity index is 940. The first kappa shape index (κ1) is 10.8. The van der Waals surface area contributed by atoms with Crippen LogP contribution >= 0.6 is 15.9 Å². The third kappa shape index (κ3) is 1.47. The molecule has 0 bridgehead atoms. The van der Waals surface area contributed by atoms with E-state index in [0.717, 1.165) is 43.0 Å². The number of nitrogen functional groups attached to an aromatic ring is 1. The molecule has 0 aliphatic carbocycles. The van der Waals surface area contributed by atoms with E-state index in [1.807, 2.05) is 36.4 Å². The van der Waals surface area contributed by atoms with Gasteiger partial charge in [0.05, 0.1) is 26.5 Å². The summed E-state index contributed by atoms with van der Waals surface area (Å²) in [5.74, 6) is 0. The maximum atomic E-state index is 5.83. The highest BCUT2D eigenvalue weighted by molar-refractivity contribution is 9.10. The normalized spacial score (nSPS) is 11.6. The monoisotopic (exact) mass is 311 g/mol. The van der Waals surface area contributed by atoms with Gasteiger partial charge in [0.1, 0.15) is 0 Å². The molecule has 0 atom stereocenters. The second kappa shape index (κ2) is 3.71. The van der Waals surface area contributed by atoms with Crippen molar-refractivity contribution in [3.63, 3.8) is 0 Å². The largest absolute Gasteiger partial charge is 0.399 e. The first-order chi connectivity index (χ1) is 9.24. The zero-order valence-electron chi connectivity index (χ0n) is 9.94. The Balaban J connectivity index is 2.29. The molecular weight excluding hydrogens is 302 g/mol. The minimum Gasteiger partial charge on any atom is -0.399 e. The summed E-state index contributed by atoms with van der Waals surface area (Å²) in [5, 5.41) is 2.20. The topological polar surface area (TPSA) is 54.7 Å². The van der Waals surface area contributed by atoms with Crippen molar-refractivity contribution in [2.75, 3.05) is 5.73 Å². The van der Waals surface area contributed by atoms with Gasteiger partial charge in [-0.05, 0) is 40.2 Å². The second-order valence-corrected chi connectivity index (χ2v) is 5.39. The number of H-pyrrole nitrogens is 1. The number of pyridine rings is 1. The number of hydrogen-bond acceptors (Lipinski definition) is 2. The van der Waals surface area contributed by atoms with Gasteiger partial charge in [-0.1, -0.05) is 18.2 Å². The number of aromatic amines is 1. The molecule has 0 unspecified atom stereocenters. The number of rotatable bonds is 0. The maximum Gasteiger partial charge on any atom is 0.0977 e. The molecule has 3 nitrogen and oxygen atoms in total. The number of anilines is 1. The predicted molar refractivity (Wildman–Crippen MR) is 83.2 cm³/mol. The molecule has 2 heterocycles. The van der Waals surface area contributed by atoms with Crippen molar-refractivity contribution in [2.45, 2.75) is 0 Å². The van der Waals surface area contributed by atoms with Crippen molar-refractivity contribution in [2.24, 2.45) is 0 Å². The van der Waals surface area contributed by atoms with Gasteiger partial charge in [-0.2, -0.15) is 0 Å². The molecule has 2 aromatic carbocycles. The van der Waals surface area contributed by atoms with E-state index < -0.39 is 0 Å². The Morgan fingerprint density at radius 1 is 1.05 bits per heavy atom. The summed E-state index contributed by atoms with van der Waals surface area (Å²) in [4.78, 5) is 8.14. The van der Waals surface area contributed by atoms with Crippen LogP contribution in [0.3, 0.4) is 0 Å². The summed E-state index contributed by atoms with van der Waals surface area (Å²) < 4.78 is 1.04. The van der Waals surface area contributed by atoms with Crippen molar-refractivity contribution < 1.29 is 0 Å². The highest BCUT2D eigenvalue weighted by Gasteiger charge is 2.11. The first-order valence-corrected chi connectivity index (χ1v) is 6.78. The van der Waals surface area contributed by atoms with Crippen molar-refractivity contribution in [3.05, 3.63) is 46.9 Å². The summed E-state index contributed by atoms with van der Waals surface area (Å²) in [5.41, 5.74) is 10.6. The van der Waals surface area contributed by atoms with Gasteiger partial charge in [0.2, 0.25) is 0 Å². The van der Waals surface area contributed by atoms with E-state index in [4.69, 9.17) is 10.7 Å². The molecule has 0 saturated heterocycles. The van der Waals surface area contributed by atoms with Crippen molar-refractivity contribution >= 4 is 54.5 Å². The molecule has 0 amide bonds. The average Bonchev–Trinajstić information content (AvgIpc) is 2.77. The summed E-state index contributed by atoms with van der Waals surface area (Å²) in [6, 6.07) is 14.0. The molecule has 0 aliphatic heterocycles. The fourth-order valence-electron chi connectivity index (χ4n) is 2.49. The van der Waals surface area contributed by atoms with Gasteiger partial charge in [0, 0.05) is 16.5 Å². The molecular formula is C15H10BrN3. The van der Waals surface area contributed by atoms with Crippen LogP contribution in [0.25, 0.3) is 32.8 Å². The Kier molecular flexibility index (Phi) is 2.11. The van der Waals surface area contributed by atoms with Gasteiger partial charge in [-0.3, -0.25) is 0 Å². The molecule has 0 spiro atoms. The molecule has 0 fully saturated rings. The highest BCUT2D eigenvalue weighted by Crippen LogP contribution is 2.34. The maximum absolute atomic E-state index is 5.83. The number of halogens is 1. The molecule has 4 aromatic rings. The van der Waals surface area contributed by atoms with Crippen LogP contribution in [-0.2, 0) is 0 Å². The van der Waals surface area contributed by atoms with Crippen LogP contribution < -0.4 is 5.73 Å². The lowest BCUT2D eigenvalue weighted by Crippen LogP contribution is -1.83. The molecule has 4 rings (SSSR count). The second-order valence-electron chi connectivity index (χ2n) is 4.60. The number of benzene rings is 2. The minimum absolute atomic E-state index is 0.750. The lowest BCUT2D eigenvalue weighted by molar-refractivity contribution is 1.48. The molecule has 4 heteroatoms. The van der Waals surface area contributed by atoms with Crippen molar-refractivity contribution in [1.29, 1.82) is 0 Å². The Morgan fingerprint density at radius 2 is 1.89 bits per heavy atom. The van der Waals surface area contributed by atoms with Gasteiger partial charge in [-0.15, -0.1) is 0 Å². The number of nitrogens with zero attached hydrogens (tertiary/aromatic N) is 1. The SMILES string of the molecule is Nc1ccc2c(c1)[nH]c1c(Br)c3ccccc3nc12. The fraction of sp³-hybridized carbons (Fsp3) is 0. The highest BCUT2D eigenvalue weighted by atomic mass is 79.9. The van der Waals surface area contributed by atoms with Gasteiger partial charge in [0.15, 0.2) is 0 Å². The van der Waals surface area contributed by atoms with E-state index in [-0.39, 0.29) is 0 Å². The molecule has 92 valence electrons. The lowest BCUT2D eigenvalue weighted by Gasteiger charge is -2.01. The number of nitrogens with one attached hydrogen (secondary N) is 1. The van der Waals surface area contributed by atoms with Crippen molar-refractivity contribution in [3.8, 4) is 0 Å². The van der Waals surface area contributed by atoms with Gasteiger partial charge < -0.3 is 10.7 Å². The number of hydrogen-bond donors (Lipinski definition) is 2. The number of fused-ring (bicyclic) bond motifs is 4. The van der Waals surface area contributed by atoms with E-state index in [9.17, 15) is 0 Å². The van der Waals surface area contributed by atoms with Crippen LogP contribution in [0.4, 0.5) is 5.69 Å². The molecule has 19 heavy (non-hydrogen) atoms. The molecule has 0 radical (unpaired) electrons. The average molecular weight is 312 g/mol. The van der Waals surface area contributed by atoms with Crippen LogP contribution in [0, 0.1) is 0 Å². The van der Waals surface area contributed by atoms with E-state index in [1.54, 1.807) is 0 Å². The van der Waals surface area contributed by atoms with E-state index in [0.29, 0.717) is 0 Å². The zero-order chi connectivity index (χ0) is 13.0. The minimum atomic E-state index is 0.750. The van der Waals surface area contributed by atoms with Crippen molar-refractivity contribution in [1.82, 2.24) is 9.97 Å². The summed E-state index contributed by atoms with van der Waals surface area (Å²) in [6.07, 6.45) is 0. The smallest absolute Gasteiger partial charge is 0.0977 e. The van der Waals surface area contributed by atoms with E-state index in [1.165, 1.54) is 0 Å². The Labute approximate surface area is 117 Å². The third-order valence-corrected chi connectivity index (χ3v) is 4.21. The van der Waals surface area contributed by atoms with E-state index in [2.05, 4.69) is 27.0 Å². The summed E-state index contributed by atoms with van der Waals surface area (Å²) in [6.45, 7) is 0. The van der Waals surface area contributed by atoms with E-state index >= 15 is 0 Å². The zero-order valence-corrected chi connectivity index (χ0v) is 11.5. The lowest BCUT2D eigenvalue weighted by atomic mass is 10.1. The van der Waals surface area contributed by atoms with Crippen LogP contribution in [0.1, 0.15) is 0 Å². The Hall–Kier alpha value is -2.07. The molecule has 3 N–H and O–H groups in total. The van der Waals surface area contributed by atoms with Gasteiger partial charge >= 0.3 is 0 Å². The van der Waals surface area contributed by atoms with Crippen LogP contribution in [0.2, 0.25) is 0 Å². The number of nitrogens with two attached hydrogens (primary N) is 1. The number of aromatic nitrogens is 2. The van der Waals surface area contributed by atoms with Crippen LogP contribution in [-0.4, -0.2) is 9.97 Å². The molecule has 0 aliphatic rings. The third-order valence-electron chi connectivity index (χ3n) is 3.39. The van der Waals surface area contributed by atoms with Crippen LogP contribution in [0.5, 0.6) is 0 Å².